The number of rotatable bonds is 3. The minimum absolute atomic E-state index is 0.0918. The van der Waals surface area contributed by atoms with Gasteiger partial charge in [-0.15, -0.1) is 0 Å². The van der Waals surface area contributed by atoms with Crippen LogP contribution >= 0.6 is 0 Å². The number of nitrogens with one attached hydrogen (secondary N) is 1. The summed E-state index contributed by atoms with van der Waals surface area (Å²) >= 11 is 0. The van der Waals surface area contributed by atoms with Crippen LogP contribution in [-0.4, -0.2) is 57.3 Å². The van der Waals surface area contributed by atoms with E-state index in [9.17, 15) is 14.3 Å². The monoisotopic (exact) mass is 367 g/mol. The number of aromatic nitrogens is 3. The van der Waals surface area contributed by atoms with Gasteiger partial charge in [0.15, 0.2) is 0 Å². The van der Waals surface area contributed by atoms with E-state index in [1.54, 1.807) is 11.1 Å². The Morgan fingerprint density at radius 2 is 1.93 bits per heavy atom. The molecule has 1 aliphatic rings. The molecule has 4 rings (SSSR count). The van der Waals surface area contributed by atoms with Crippen LogP contribution < -0.4 is 4.90 Å². The van der Waals surface area contributed by atoms with Crippen molar-refractivity contribution in [3.8, 4) is 17.0 Å². The van der Waals surface area contributed by atoms with Crippen molar-refractivity contribution in [3.05, 3.63) is 60.2 Å². The number of hydrogen-bond donors (Lipinski definition) is 2. The summed E-state index contributed by atoms with van der Waals surface area (Å²) in [6, 6.07) is 10.9. The number of halogens is 1. The summed E-state index contributed by atoms with van der Waals surface area (Å²) in [5.41, 5.74) is 0.868. The van der Waals surface area contributed by atoms with Gasteiger partial charge < -0.3 is 14.9 Å². The van der Waals surface area contributed by atoms with Gasteiger partial charge in [-0.1, -0.05) is 6.07 Å². The second-order valence-electron chi connectivity index (χ2n) is 6.30. The lowest BCUT2D eigenvalue weighted by atomic mass is 10.1. The molecule has 1 aromatic carbocycles. The quantitative estimate of drug-likeness (QED) is 0.742. The van der Waals surface area contributed by atoms with Gasteiger partial charge in [-0.05, 0) is 36.4 Å². The molecule has 0 atom stereocenters. The highest BCUT2D eigenvalue weighted by atomic mass is 19.1. The van der Waals surface area contributed by atoms with Gasteiger partial charge in [-0.2, -0.15) is 5.10 Å². The standard InChI is InChI=1S/C19H18FN5O2/c20-13-4-5-17(26)14(11-13)15-12-16(23-22-15)19(27)25-9-7-24(8-10-25)18-3-1-2-6-21-18/h1-6,11-12,26H,7-10H2,(H,22,23). The molecule has 138 valence electrons. The van der Waals surface area contributed by atoms with Crippen LogP contribution in [0.3, 0.4) is 0 Å². The maximum atomic E-state index is 13.4. The lowest BCUT2D eigenvalue weighted by Crippen LogP contribution is -2.49. The topological polar surface area (TPSA) is 85.3 Å². The summed E-state index contributed by atoms with van der Waals surface area (Å²) in [4.78, 5) is 20.9. The molecule has 3 aromatic rings. The fourth-order valence-electron chi connectivity index (χ4n) is 3.13. The van der Waals surface area contributed by atoms with E-state index in [2.05, 4.69) is 20.1 Å². The Bertz CT molecular complexity index is 952. The number of carbonyl (C=O) groups is 1. The van der Waals surface area contributed by atoms with E-state index < -0.39 is 5.82 Å². The number of hydrogen-bond acceptors (Lipinski definition) is 5. The van der Waals surface area contributed by atoms with Crippen molar-refractivity contribution >= 4 is 11.7 Å². The van der Waals surface area contributed by atoms with E-state index in [4.69, 9.17) is 0 Å². The van der Waals surface area contributed by atoms with Crippen molar-refractivity contribution in [1.82, 2.24) is 20.1 Å². The molecular weight excluding hydrogens is 349 g/mol. The zero-order valence-corrected chi connectivity index (χ0v) is 14.5. The highest BCUT2D eigenvalue weighted by molar-refractivity contribution is 5.93. The van der Waals surface area contributed by atoms with E-state index in [1.165, 1.54) is 24.3 Å². The van der Waals surface area contributed by atoms with Crippen LogP contribution in [0.1, 0.15) is 10.5 Å². The van der Waals surface area contributed by atoms with Gasteiger partial charge in [0.25, 0.3) is 5.91 Å². The smallest absolute Gasteiger partial charge is 0.272 e. The fraction of sp³-hybridized carbons (Fsp3) is 0.211. The van der Waals surface area contributed by atoms with E-state index in [0.29, 0.717) is 37.6 Å². The average molecular weight is 367 g/mol. The number of aromatic amines is 1. The van der Waals surface area contributed by atoms with Gasteiger partial charge in [0, 0.05) is 37.9 Å². The molecule has 1 amide bonds. The maximum absolute atomic E-state index is 13.4. The first-order valence-corrected chi connectivity index (χ1v) is 8.61. The molecule has 2 aromatic heterocycles. The second kappa shape index (κ2) is 7.06. The summed E-state index contributed by atoms with van der Waals surface area (Å²) < 4.78 is 13.4. The minimum Gasteiger partial charge on any atom is -0.507 e. The van der Waals surface area contributed by atoms with Crippen LogP contribution in [0.2, 0.25) is 0 Å². The maximum Gasteiger partial charge on any atom is 0.272 e. The van der Waals surface area contributed by atoms with E-state index >= 15 is 0 Å². The first kappa shape index (κ1) is 17.0. The average Bonchev–Trinajstić information content (AvgIpc) is 3.20. The van der Waals surface area contributed by atoms with Gasteiger partial charge in [0.1, 0.15) is 23.1 Å². The number of H-pyrrole nitrogens is 1. The zero-order chi connectivity index (χ0) is 18.8. The number of carbonyl (C=O) groups excluding carboxylic acids is 1. The van der Waals surface area contributed by atoms with Crippen molar-refractivity contribution < 1.29 is 14.3 Å². The normalized spacial score (nSPS) is 14.4. The fourth-order valence-corrected chi connectivity index (χ4v) is 3.13. The number of piperazine rings is 1. The summed E-state index contributed by atoms with van der Waals surface area (Å²) in [7, 11) is 0. The molecule has 3 heterocycles. The predicted molar refractivity (Wildman–Crippen MR) is 98.0 cm³/mol. The lowest BCUT2D eigenvalue weighted by molar-refractivity contribution is 0.0740. The Morgan fingerprint density at radius 1 is 1.11 bits per heavy atom. The number of nitrogens with zero attached hydrogens (tertiary/aromatic N) is 4. The molecule has 0 spiro atoms. The van der Waals surface area contributed by atoms with E-state index in [1.807, 2.05) is 18.2 Å². The van der Waals surface area contributed by atoms with Crippen molar-refractivity contribution in [2.75, 3.05) is 31.1 Å². The molecule has 1 fully saturated rings. The highest BCUT2D eigenvalue weighted by Gasteiger charge is 2.24. The Balaban J connectivity index is 1.45. The zero-order valence-electron chi connectivity index (χ0n) is 14.5. The number of aromatic hydroxyl groups is 1. The van der Waals surface area contributed by atoms with Crippen molar-refractivity contribution in [2.45, 2.75) is 0 Å². The number of anilines is 1. The minimum atomic E-state index is -0.482. The van der Waals surface area contributed by atoms with Gasteiger partial charge >= 0.3 is 0 Å². The number of amides is 1. The molecule has 0 saturated carbocycles. The summed E-state index contributed by atoms with van der Waals surface area (Å²) in [6.45, 7) is 2.51. The van der Waals surface area contributed by atoms with Crippen LogP contribution in [0.5, 0.6) is 5.75 Å². The van der Waals surface area contributed by atoms with Crippen molar-refractivity contribution in [1.29, 1.82) is 0 Å². The van der Waals surface area contributed by atoms with E-state index in [0.717, 1.165) is 5.82 Å². The van der Waals surface area contributed by atoms with E-state index in [-0.39, 0.29) is 17.2 Å². The summed E-state index contributed by atoms with van der Waals surface area (Å²) in [6.07, 6.45) is 1.75. The molecule has 0 unspecified atom stereocenters. The second-order valence-corrected chi connectivity index (χ2v) is 6.30. The van der Waals surface area contributed by atoms with Crippen LogP contribution in [0.4, 0.5) is 10.2 Å². The third kappa shape index (κ3) is 3.46. The molecule has 8 heteroatoms. The Morgan fingerprint density at radius 3 is 2.67 bits per heavy atom. The van der Waals surface area contributed by atoms with Crippen molar-refractivity contribution in [3.63, 3.8) is 0 Å². The van der Waals surface area contributed by atoms with Gasteiger partial charge in [-0.3, -0.25) is 9.89 Å². The van der Waals surface area contributed by atoms with Crippen LogP contribution in [0.15, 0.2) is 48.7 Å². The first-order chi connectivity index (χ1) is 13.1. The first-order valence-electron chi connectivity index (χ1n) is 8.61. The molecule has 7 nitrogen and oxygen atoms in total. The highest BCUT2D eigenvalue weighted by Crippen LogP contribution is 2.28. The summed E-state index contributed by atoms with van der Waals surface area (Å²) in [5, 5.41) is 16.6. The van der Waals surface area contributed by atoms with Gasteiger partial charge in [-0.25, -0.2) is 9.37 Å². The van der Waals surface area contributed by atoms with Crippen LogP contribution in [-0.2, 0) is 0 Å². The largest absolute Gasteiger partial charge is 0.507 e. The number of benzene rings is 1. The molecule has 0 aliphatic carbocycles. The van der Waals surface area contributed by atoms with Crippen molar-refractivity contribution in [2.24, 2.45) is 0 Å². The Labute approximate surface area is 155 Å². The van der Waals surface area contributed by atoms with Crippen LogP contribution in [0, 0.1) is 5.82 Å². The third-order valence-corrected chi connectivity index (χ3v) is 4.58. The molecule has 0 bridgehead atoms. The number of phenols is 1. The SMILES string of the molecule is O=C(c1cc(-c2cc(F)ccc2O)n[nH]1)N1CCN(c2ccccn2)CC1. The lowest BCUT2D eigenvalue weighted by Gasteiger charge is -2.35. The predicted octanol–water partition coefficient (Wildman–Crippen LogP) is 2.28. The van der Waals surface area contributed by atoms with Crippen LogP contribution in [0.25, 0.3) is 11.3 Å². The molecule has 1 aliphatic heterocycles. The third-order valence-electron chi connectivity index (χ3n) is 4.58. The number of pyridine rings is 1. The molecule has 0 radical (unpaired) electrons. The molecule has 2 N–H and O–H groups in total. The number of phenolic OH excluding ortho intramolecular Hbond substituents is 1. The Hall–Kier alpha value is -3.42. The Kier molecular flexibility index (Phi) is 4.45. The molecule has 27 heavy (non-hydrogen) atoms. The van der Waals surface area contributed by atoms with Gasteiger partial charge in [0.2, 0.25) is 0 Å². The van der Waals surface area contributed by atoms with Gasteiger partial charge in [0.05, 0.1) is 5.69 Å². The molecular formula is C19H18FN5O2. The summed E-state index contributed by atoms with van der Waals surface area (Å²) in [5.74, 6) is 0.149. The molecule has 1 saturated heterocycles.